The maximum Gasteiger partial charge on any atom is 0.155 e. The molecule has 0 amide bonds. The summed E-state index contributed by atoms with van der Waals surface area (Å²) in [5.74, 6) is 9.60. The lowest BCUT2D eigenvalue weighted by molar-refractivity contribution is -0.117. The Labute approximate surface area is 179 Å². The summed E-state index contributed by atoms with van der Waals surface area (Å²) < 4.78 is 0. The van der Waals surface area contributed by atoms with Crippen LogP contribution in [0.5, 0.6) is 5.75 Å². The third-order valence-corrected chi connectivity index (χ3v) is 9.10. The van der Waals surface area contributed by atoms with E-state index in [1.807, 2.05) is 12.1 Å². The van der Waals surface area contributed by atoms with Gasteiger partial charge < -0.3 is 10.2 Å². The molecule has 4 aliphatic rings. The number of allylic oxidation sites excluding steroid dienone is 1. The van der Waals surface area contributed by atoms with Crippen LogP contribution in [-0.2, 0) is 4.79 Å². The molecular formula is C27H32O3. The van der Waals surface area contributed by atoms with Crippen LogP contribution in [0.3, 0.4) is 0 Å². The molecule has 3 saturated carbocycles. The second-order valence-electron chi connectivity index (χ2n) is 10.5. The lowest BCUT2D eigenvalue weighted by Crippen LogP contribution is -2.54. The van der Waals surface area contributed by atoms with Gasteiger partial charge in [0.15, 0.2) is 5.78 Å². The zero-order valence-corrected chi connectivity index (χ0v) is 18.0. The van der Waals surface area contributed by atoms with Crippen LogP contribution < -0.4 is 0 Å². The second kappa shape index (κ2) is 6.99. The van der Waals surface area contributed by atoms with Gasteiger partial charge in [-0.05, 0) is 86.3 Å². The molecule has 0 saturated heterocycles. The fraction of sp³-hybridized carbons (Fsp3) is 0.593. The highest BCUT2D eigenvalue weighted by molar-refractivity contribution is 5.91. The van der Waals surface area contributed by atoms with Crippen molar-refractivity contribution in [3.63, 3.8) is 0 Å². The predicted octanol–water partition coefficient (Wildman–Crippen LogP) is 4.86. The molecule has 2 N–H and O–H groups in total. The van der Waals surface area contributed by atoms with Crippen LogP contribution in [0.25, 0.3) is 0 Å². The number of carbonyl (C=O) groups excluding carboxylic acids is 1. The maximum absolute atomic E-state index is 12.0. The summed E-state index contributed by atoms with van der Waals surface area (Å²) >= 11 is 0. The van der Waals surface area contributed by atoms with Gasteiger partial charge in [-0.15, -0.1) is 0 Å². The van der Waals surface area contributed by atoms with Crippen molar-refractivity contribution in [3.05, 3.63) is 41.5 Å². The molecule has 0 aromatic heterocycles. The van der Waals surface area contributed by atoms with Crippen molar-refractivity contribution in [2.75, 3.05) is 0 Å². The first-order chi connectivity index (χ1) is 14.3. The number of carbonyl (C=O) groups is 1. The van der Waals surface area contributed by atoms with Crippen LogP contribution in [-0.4, -0.2) is 21.6 Å². The number of aromatic hydroxyl groups is 1. The first-order valence-corrected chi connectivity index (χ1v) is 11.6. The van der Waals surface area contributed by atoms with E-state index in [-0.39, 0.29) is 11.2 Å². The normalized spacial score (nSPS) is 42.3. The van der Waals surface area contributed by atoms with Gasteiger partial charge in [-0.2, -0.15) is 0 Å². The molecule has 0 radical (unpaired) electrons. The van der Waals surface area contributed by atoms with Crippen molar-refractivity contribution < 1.29 is 15.0 Å². The quantitative estimate of drug-likeness (QED) is 0.607. The number of benzene rings is 1. The van der Waals surface area contributed by atoms with E-state index < -0.39 is 5.60 Å². The molecule has 1 unspecified atom stereocenters. The van der Waals surface area contributed by atoms with Gasteiger partial charge in [-0.1, -0.05) is 43.4 Å². The van der Waals surface area contributed by atoms with E-state index in [1.54, 1.807) is 18.2 Å². The second-order valence-corrected chi connectivity index (χ2v) is 10.5. The zero-order valence-electron chi connectivity index (χ0n) is 18.0. The molecular weight excluding hydrogens is 372 g/mol. The van der Waals surface area contributed by atoms with Crippen LogP contribution in [0, 0.1) is 46.8 Å². The largest absolute Gasteiger partial charge is 0.507 e. The molecule has 0 bridgehead atoms. The molecule has 0 spiro atoms. The Bertz CT molecular complexity index is 966. The van der Waals surface area contributed by atoms with Crippen molar-refractivity contribution in [1.29, 1.82) is 0 Å². The topological polar surface area (TPSA) is 57.5 Å². The minimum Gasteiger partial charge on any atom is -0.507 e. The van der Waals surface area contributed by atoms with Gasteiger partial charge in [-0.3, -0.25) is 4.79 Å². The Morgan fingerprint density at radius 3 is 2.73 bits per heavy atom. The van der Waals surface area contributed by atoms with E-state index in [4.69, 9.17) is 0 Å². The maximum atomic E-state index is 12.0. The number of aliphatic hydroxyl groups is 1. The summed E-state index contributed by atoms with van der Waals surface area (Å²) in [5.41, 5.74) is 0.755. The summed E-state index contributed by atoms with van der Waals surface area (Å²) in [6.07, 6.45) is 8.51. The van der Waals surface area contributed by atoms with Crippen molar-refractivity contribution >= 4 is 5.78 Å². The molecule has 30 heavy (non-hydrogen) atoms. The Morgan fingerprint density at radius 2 is 1.93 bits per heavy atom. The summed E-state index contributed by atoms with van der Waals surface area (Å²) in [4.78, 5) is 12.0. The first kappa shape index (κ1) is 19.9. The summed E-state index contributed by atoms with van der Waals surface area (Å²) in [6, 6.07) is 7.10. The Morgan fingerprint density at radius 1 is 1.13 bits per heavy atom. The SMILES string of the molecule is C[C@H]1CC2=CC(=O)CC[C@@H]2[C@@H]2CC[C@@]3(C)[C@H](CCC3(O)C#Cc3ccccc3O)[C@@H]21. The average Bonchev–Trinajstić information content (AvgIpc) is 2.98. The molecule has 7 atom stereocenters. The molecule has 0 heterocycles. The van der Waals surface area contributed by atoms with Crippen LogP contribution in [0.2, 0.25) is 0 Å². The van der Waals surface area contributed by atoms with Crippen LogP contribution >= 0.6 is 0 Å². The van der Waals surface area contributed by atoms with Gasteiger partial charge in [0, 0.05) is 11.8 Å². The lowest BCUT2D eigenvalue weighted by atomic mass is 9.48. The van der Waals surface area contributed by atoms with E-state index in [0.29, 0.717) is 53.8 Å². The number of phenolic OH excluding ortho intramolecular Hbond substituents is 1. The van der Waals surface area contributed by atoms with Crippen molar-refractivity contribution in [1.82, 2.24) is 0 Å². The molecule has 1 aromatic carbocycles. The standard InChI is InChI=1S/C27H32O3/c1-17-15-19-16-20(28)7-8-21(19)22-10-12-26(2)23(25(17)22)11-14-27(26,30)13-9-18-5-3-4-6-24(18)29/h3-6,16-17,21-23,25,29-30H,7-8,10-12,14-15H2,1-2H3/t17-,21-,22-,23+,25+,26-,27?/m0/s1. The number of hydrogen-bond acceptors (Lipinski definition) is 3. The third kappa shape index (κ3) is 2.88. The lowest BCUT2D eigenvalue weighted by Gasteiger charge is -2.56. The highest BCUT2D eigenvalue weighted by Gasteiger charge is 2.63. The van der Waals surface area contributed by atoms with E-state index in [0.717, 1.165) is 32.1 Å². The summed E-state index contributed by atoms with van der Waals surface area (Å²) in [5, 5.41) is 21.8. The summed E-state index contributed by atoms with van der Waals surface area (Å²) in [6.45, 7) is 4.60. The number of hydrogen-bond donors (Lipinski definition) is 2. The molecule has 3 nitrogen and oxygen atoms in total. The minimum atomic E-state index is -1.01. The fourth-order valence-electron chi connectivity index (χ4n) is 7.56. The monoisotopic (exact) mass is 404 g/mol. The number of ketones is 1. The molecule has 4 aliphatic carbocycles. The van der Waals surface area contributed by atoms with E-state index >= 15 is 0 Å². The molecule has 5 rings (SSSR count). The molecule has 1 aromatic rings. The number of phenols is 1. The van der Waals surface area contributed by atoms with Crippen LogP contribution in [0.4, 0.5) is 0 Å². The molecule has 158 valence electrons. The van der Waals surface area contributed by atoms with E-state index in [9.17, 15) is 15.0 Å². The van der Waals surface area contributed by atoms with Crippen molar-refractivity contribution in [3.8, 4) is 17.6 Å². The Kier molecular flexibility index (Phi) is 4.63. The van der Waals surface area contributed by atoms with Gasteiger partial charge in [0.1, 0.15) is 11.4 Å². The van der Waals surface area contributed by atoms with Crippen molar-refractivity contribution in [2.24, 2.45) is 35.0 Å². The van der Waals surface area contributed by atoms with Gasteiger partial charge in [0.05, 0.1) is 5.56 Å². The highest BCUT2D eigenvalue weighted by atomic mass is 16.3. The third-order valence-electron chi connectivity index (χ3n) is 9.10. The molecule has 3 heteroatoms. The Hall–Kier alpha value is -2.05. The van der Waals surface area contributed by atoms with Gasteiger partial charge >= 0.3 is 0 Å². The summed E-state index contributed by atoms with van der Waals surface area (Å²) in [7, 11) is 0. The van der Waals surface area contributed by atoms with E-state index in [2.05, 4.69) is 25.7 Å². The smallest absolute Gasteiger partial charge is 0.155 e. The minimum absolute atomic E-state index is 0.170. The van der Waals surface area contributed by atoms with Crippen LogP contribution in [0.15, 0.2) is 35.9 Å². The number of fused-ring (bicyclic) bond motifs is 5. The molecule has 3 fully saturated rings. The molecule has 0 aliphatic heterocycles. The van der Waals surface area contributed by atoms with Gasteiger partial charge in [-0.25, -0.2) is 0 Å². The van der Waals surface area contributed by atoms with E-state index in [1.165, 1.54) is 5.57 Å². The predicted molar refractivity (Wildman–Crippen MR) is 117 cm³/mol. The first-order valence-electron chi connectivity index (χ1n) is 11.6. The van der Waals surface area contributed by atoms with Crippen molar-refractivity contribution in [2.45, 2.75) is 64.4 Å². The highest BCUT2D eigenvalue weighted by Crippen LogP contribution is 2.65. The average molecular weight is 405 g/mol. The Balaban J connectivity index is 1.46. The fourth-order valence-corrected chi connectivity index (χ4v) is 7.56. The van der Waals surface area contributed by atoms with Crippen LogP contribution in [0.1, 0.15) is 64.4 Å². The zero-order chi connectivity index (χ0) is 21.1. The number of para-hydroxylation sites is 1. The van der Waals surface area contributed by atoms with Gasteiger partial charge in [0.25, 0.3) is 0 Å². The number of rotatable bonds is 0. The van der Waals surface area contributed by atoms with Gasteiger partial charge in [0.2, 0.25) is 0 Å².